The SMILES string of the molecule is CCCC(=O)OSCc1cc(O[Si](C)(C)C(C)(C)C)ccn1. The van der Waals surface area contributed by atoms with Crippen LogP contribution in [0, 0.1) is 0 Å². The first-order valence-corrected chi connectivity index (χ1v) is 11.4. The van der Waals surface area contributed by atoms with Crippen molar-refractivity contribution in [3.8, 4) is 5.75 Å². The number of hydrogen-bond donors (Lipinski definition) is 0. The van der Waals surface area contributed by atoms with Crippen molar-refractivity contribution in [3.63, 3.8) is 0 Å². The van der Waals surface area contributed by atoms with Gasteiger partial charge in [0.1, 0.15) is 5.75 Å². The molecule has 0 radical (unpaired) electrons. The predicted molar refractivity (Wildman–Crippen MR) is 94.4 cm³/mol. The minimum absolute atomic E-state index is 0.154. The molecule has 1 aromatic rings. The summed E-state index contributed by atoms with van der Waals surface area (Å²) < 4.78 is 11.3. The Morgan fingerprint density at radius 3 is 2.64 bits per heavy atom. The number of pyridine rings is 1. The van der Waals surface area contributed by atoms with Gasteiger partial charge in [-0.1, -0.05) is 27.7 Å². The van der Waals surface area contributed by atoms with Crippen LogP contribution in [0.1, 0.15) is 46.2 Å². The highest BCUT2D eigenvalue weighted by atomic mass is 32.2. The van der Waals surface area contributed by atoms with Crippen molar-refractivity contribution in [2.75, 3.05) is 0 Å². The quantitative estimate of drug-likeness (QED) is 0.518. The van der Waals surface area contributed by atoms with Crippen molar-refractivity contribution in [2.24, 2.45) is 0 Å². The summed E-state index contributed by atoms with van der Waals surface area (Å²) in [6.45, 7) is 13.0. The largest absolute Gasteiger partial charge is 0.543 e. The van der Waals surface area contributed by atoms with Gasteiger partial charge in [0.25, 0.3) is 0 Å². The second kappa shape index (κ2) is 8.01. The summed E-state index contributed by atoms with van der Waals surface area (Å²) in [6, 6.07) is 3.82. The smallest absolute Gasteiger partial charge is 0.317 e. The fourth-order valence-electron chi connectivity index (χ4n) is 1.45. The van der Waals surface area contributed by atoms with Crippen LogP contribution in [0.15, 0.2) is 18.3 Å². The molecule has 0 bridgehead atoms. The number of carbonyl (C=O) groups is 1. The molecule has 0 saturated carbocycles. The molecular formula is C16H27NO3SSi. The van der Waals surface area contributed by atoms with Gasteiger partial charge in [0, 0.05) is 18.7 Å². The molecule has 1 aromatic heterocycles. The Balaban J connectivity index is 2.61. The van der Waals surface area contributed by atoms with Gasteiger partial charge in [-0.3, -0.25) is 9.78 Å². The van der Waals surface area contributed by atoms with Crippen molar-refractivity contribution in [1.29, 1.82) is 0 Å². The highest BCUT2D eigenvalue weighted by Gasteiger charge is 2.38. The molecule has 0 aliphatic carbocycles. The molecule has 0 amide bonds. The lowest BCUT2D eigenvalue weighted by Crippen LogP contribution is -2.43. The Bertz CT molecular complexity index is 500. The van der Waals surface area contributed by atoms with Gasteiger partial charge in [0.2, 0.25) is 8.32 Å². The molecule has 22 heavy (non-hydrogen) atoms. The van der Waals surface area contributed by atoms with Crippen LogP contribution in [-0.2, 0) is 14.7 Å². The molecule has 0 aromatic carbocycles. The van der Waals surface area contributed by atoms with Crippen molar-refractivity contribution in [3.05, 3.63) is 24.0 Å². The predicted octanol–water partition coefficient (Wildman–Crippen LogP) is 4.96. The second-order valence-electron chi connectivity index (χ2n) is 6.81. The monoisotopic (exact) mass is 341 g/mol. The summed E-state index contributed by atoms with van der Waals surface area (Å²) in [4.78, 5) is 15.6. The summed E-state index contributed by atoms with van der Waals surface area (Å²) in [6.07, 6.45) is 2.99. The highest BCUT2D eigenvalue weighted by molar-refractivity contribution is 7.94. The zero-order chi connectivity index (χ0) is 16.8. The molecule has 124 valence electrons. The van der Waals surface area contributed by atoms with Crippen LogP contribution in [0.2, 0.25) is 18.1 Å². The van der Waals surface area contributed by atoms with Gasteiger partial charge in [-0.2, -0.15) is 0 Å². The molecule has 0 N–H and O–H groups in total. The van der Waals surface area contributed by atoms with Crippen LogP contribution in [0.25, 0.3) is 0 Å². The maximum absolute atomic E-state index is 11.3. The van der Waals surface area contributed by atoms with Crippen LogP contribution in [0.4, 0.5) is 0 Å². The highest BCUT2D eigenvalue weighted by Crippen LogP contribution is 2.37. The first-order valence-electron chi connectivity index (χ1n) is 7.62. The lowest BCUT2D eigenvalue weighted by atomic mass is 10.2. The van der Waals surface area contributed by atoms with Gasteiger partial charge in [-0.25, -0.2) is 0 Å². The van der Waals surface area contributed by atoms with Crippen molar-refractivity contribution < 1.29 is 13.4 Å². The van der Waals surface area contributed by atoms with E-state index in [0.717, 1.165) is 29.9 Å². The molecule has 0 aliphatic heterocycles. The first-order chi connectivity index (χ1) is 10.2. The molecule has 0 fully saturated rings. The van der Waals surface area contributed by atoms with Crippen LogP contribution in [0.5, 0.6) is 5.75 Å². The molecule has 1 heterocycles. The van der Waals surface area contributed by atoms with E-state index < -0.39 is 8.32 Å². The van der Waals surface area contributed by atoms with Crippen molar-refractivity contribution in [1.82, 2.24) is 4.98 Å². The lowest BCUT2D eigenvalue weighted by Gasteiger charge is -2.36. The number of carbonyl (C=O) groups excluding carboxylic acids is 1. The fourth-order valence-corrected chi connectivity index (χ4v) is 3.02. The molecular weight excluding hydrogens is 314 g/mol. The average Bonchev–Trinajstić information content (AvgIpc) is 2.37. The zero-order valence-corrected chi connectivity index (χ0v) is 16.3. The van der Waals surface area contributed by atoms with Gasteiger partial charge < -0.3 is 8.61 Å². The second-order valence-corrected chi connectivity index (χ2v) is 12.2. The van der Waals surface area contributed by atoms with Crippen molar-refractivity contribution >= 4 is 26.3 Å². The van der Waals surface area contributed by atoms with Crippen LogP contribution < -0.4 is 4.43 Å². The van der Waals surface area contributed by atoms with E-state index >= 15 is 0 Å². The van der Waals surface area contributed by atoms with Crippen LogP contribution in [0.3, 0.4) is 0 Å². The Labute approximate surface area is 139 Å². The van der Waals surface area contributed by atoms with E-state index in [1.165, 1.54) is 0 Å². The molecule has 0 saturated heterocycles. The number of aromatic nitrogens is 1. The van der Waals surface area contributed by atoms with Crippen molar-refractivity contribution in [2.45, 2.75) is 64.4 Å². The van der Waals surface area contributed by atoms with Gasteiger partial charge in [0.15, 0.2) is 0 Å². The topological polar surface area (TPSA) is 48.4 Å². The van der Waals surface area contributed by atoms with Crippen LogP contribution >= 0.6 is 12.0 Å². The summed E-state index contributed by atoms with van der Waals surface area (Å²) in [5.41, 5.74) is 0.852. The Hall–Kier alpha value is -1.01. The molecule has 4 nitrogen and oxygen atoms in total. The number of rotatable bonds is 7. The maximum atomic E-state index is 11.3. The summed E-state index contributed by atoms with van der Waals surface area (Å²) in [5, 5.41) is 0.154. The molecule has 6 heteroatoms. The van der Waals surface area contributed by atoms with Crippen LogP contribution in [-0.4, -0.2) is 19.3 Å². The van der Waals surface area contributed by atoms with E-state index in [1.807, 2.05) is 19.1 Å². The number of nitrogens with zero attached hydrogens (tertiary/aromatic N) is 1. The molecule has 0 atom stereocenters. The van der Waals surface area contributed by atoms with E-state index in [4.69, 9.17) is 8.61 Å². The minimum atomic E-state index is -1.85. The summed E-state index contributed by atoms with van der Waals surface area (Å²) in [5.74, 6) is 1.20. The fraction of sp³-hybridized carbons (Fsp3) is 0.625. The molecule has 0 spiro atoms. The van der Waals surface area contributed by atoms with E-state index in [9.17, 15) is 4.79 Å². The lowest BCUT2D eigenvalue weighted by molar-refractivity contribution is -0.133. The molecule has 0 aliphatic rings. The van der Waals surface area contributed by atoms with Gasteiger partial charge in [-0.05, 0) is 30.6 Å². The third-order valence-electron chi connectivity index (χ3n) is 3.78. The van der Waals surface area contributed by atoms with E-state index in [1.54, 1.807) is 6.20 Å². The van der Waals surface area contributed by atoms with E-state index in [2.05, 4.69) is 38.8 Å². The van der Waals surface area contributed by atoms with E-state index in [-0.39, 0.29) is 11.0 Å². The zero-order valence-electron chi connectivity index (χ0n) is 14.4. The normalized spacial score (nSPS) is 12.1. The van der Waals surface area contributed by atoms with Gasteiger partial charge in [-0.15, -0.1) is 0 Å². The summed E-state index contributed by atoms with van der Waals surface area (Å²) >= 11 is 1.13. The first kappa shape index (κ1) is 19.0. The molecule has 1 rings (SSSR count). The Kier molecular flexibility index (Phi) is 6.93. The van der Waals surface area contributed by atoms with E-state index in [0.29, 0.717) is 12.2 Å². The maximum Gasteiger partial charge on any atom is 0.317 e. The third kappa shape index (κ3) is 6.00. The minimum Gasteiger partial charge on any atom is -0.543 e. The van der Waals surface area contributed by atoms with Gasteiger partial charge >= 0.3 is 5.97 Å². The summed E-state index contributed by atoms with van der Waals surface area (Å²) in [7, 11) is -1.85. The number of hydrogen-bond acceptors (Lipinski definition) is 5. The Morgan fingerprint density at radius 1 is 1.36 bits per heavy atom. The molecule has 0 unspecified atom stereocenters. The Morgan fingerprint density at radius 2 is 2.05 bits per heavy atom. The average molecular weight is 342 g/mol. The van der Waals surface area contributed by atoms with Gasteiger partial charge in [0.05, 0.1) is 23.5 Å². The standard InChI is InChI=1S/C16H27NO3SSi/c1-7-8-15(18)19-21-12-13-11-14(9-10-17-13)20-22(5,6)16(2,3)4/h9-11H,7-8,12H2,1-6H3. The third-order valence-corrected chi connectivity index (χ3v) is 8.86.